The molecule has 2 aromatic heterocycles. The van der Waals surface area contributed by atoms with E-state index in [1.54, 1.807) is 29.2 Å². The summed E-state index contributed by atoms with van der Waals surface area (Å²) in [6.45, 7) is 3.15. The van der Waals surface area contributed by atoms with Crippen LogP contribution >= 0.6 is 0 Å². The molecule has 1 unspecified atom stereocenters. The van der Waals surface area contributed by atoms with E-state index in [4.69, 9.17) is 0 Å². The van der Waals surface area contributed by atoms with Gasteiger partial charge in [-0.05, 0) is 35.4 Å². The standard InChI is InChI=1S/C31H32N4O3/c1-23(24-8-4-2-5-9-24)16-29(36)34-14-12-31(38,13-15-34)21-35-20-28(26-18-32-22-33-19-26)27(17-30(35)37)25-10-6-3-7-11-25/h2-11,17-20,22-23,38H,12-16,21H2,1H3. The van der Waals surface area contributed by atoms with Crippen molar-refractivity contribution in [2.45, 2.75) is 44.2 Å². The van der Waals surface area contributed by atoms with Gasteiger partial charge in [-0.1, -0.05) is 67.6 Å². The maximum atomic E-state index is 13.2. The van der Waals surface area contributed by atoms with Gasteiger partial charge in [0.25, 0.3) is 5.56 Å². The Labute approximate surface area is 222 Å². The largest absolute Gasteiger partial charge is 0.388 e. The molecular formula is C31H32N4O3. The average molecular weight is 509 g/mol. The van der Waals surface area contributed by atoms with Crippen molar-refractivity contribution in [3.8, 4) is 22.3 Å². The highest BCUT2D eigenvalue weighted by atomic mass is 16.3. The minimum atomic E-state index is -1.08. The third kappa shape index (κ3) is 5.73. The lowest BCUT2D eigenvalue weighted by Gasteiger charge is -2.39. The molecule has 1 amide bonds. The van der Waals surface area contributed by atoms with Gasteiger partial charge in [-0.25, -0.2) is 9.97 Å². The Morgan fingerprint density at radius 2 is 1.58 bits per heavy atom. The predicted molar refractivity (Wildman–Crippen MR) is 147 cm³/mol. The van der Waals surface area contributed by atoms with Crippen LogP contribution in [0.5, 0.6) is 0 Å². The van der Waals surface area contributed by atoms with Gasteiger partial charge in [-0.3, -0.25) is 9.59 Å². The van der Waals surface area contributed by atoms with Gasteiger partial charge in [0.15, 0.2) is 0 Å². The minimum absolute atomic E-state index is 0.0964. The number of benzene rings is 2. The molecule has 1 fully saturated rings. The Bertz CT molecular complexity index is 1430. The van der Waals surface area contributed by atoms with Crippen LogP contribution in [0.4, 0.5) is 0 Å². The molecule has 1 aliphatic rings. The molecule has 7 nitrogen and oxygen atoms in total. The summed E-state index contributed by atoms with van der Waals surface area (Å²) in [5, 5.41) is 11.4. The topological polar surface area (TPSA) is 88.3 Å². The third-order valence-electron chi connectivity index (χ3n) is 7.44. The van der Waals surface area contributed by atoms with Gasteiger partial charge < -0.3 is 14.6 Å². The van der Waals surface area contributed by atoms with E-state index in [9.17, 15) is 14.7 Å². The zero-order chi connectivity index (χ0) is 26.5. The smallest absolute Gasteiger partial charge is 0.251 e. The molecule has 1 aliphatic heterocycles. The number of hydrogen-bond acceptors (Lipinski definition) is 5. The number of carbonyl (C=O) groups excluding carboxylic acids is 1. The van der Waals surface area contributed by atoms with E-state index in [1.165, 1.54) is 6.33 Å². The van der Waals surface area contributed by atoms with Crippen LogP contribution in [0.3, 0.4) is 0 Å². The second kappa shape index (κ2) is 11.1. The van der Waals surface area contributed by atoms with Gasteiger partial charge in [0.05, 0.1) is 12.1 Å². The highest BCUT2D eigenvalue weighted by molar-refractivity contribution is 5.82. The molecule has 0 bridgehead atoms. The Morgan fingerprint density at radius 3 is 2.24 bits per heavy atom. The summed E-state index contributed by atoms with van der Waals surface area (Å²) in [5.74, 6) is 0.228. The number of piperidine rings is 1. The molecule has 38 heavy (non-hydrogen) atoms. The maximum Gasteiger partial charge on any atom is 0.251 e. The van der Waals surface area contributed by atoms with Crippen molar-refractivity contribution in [3.63, 3.8) is 0 Å². The van der Waals surface area contributed by atoms with Crippen LogP contribution in [-0.2, 0) is 11.3 Å². The molecule has 1 saturated heterocycles. The predicted octanol–water partition coefficient (Wildman–Crippen LogP) is 4.52. The number of likely N-dealkylation sites (tertiary alicyclic amines) is 1. The Balaban J connectivity index is 1.32. The van der Waals surface area contributed by atoms with Gasteiger partial charge in [-0.2, -0.15) is 0 Å². The fraction of sp³-hybridized carbons (Fsp3) is 0.290. The van der Waals surface area contributed by atoms with Crippen molar-refractivity contribution in [2.24, 2.45) is 0 Å². The van der Waals surface area contributed by atoms with E-state index >= 15 is 0 Å². The summed E-state index contributed by atoms with van der Waals surface area (Å²) in [6.07, 6.45) is 7.97. The molecule has 3 heterocycles. The van der Waals surface area contributed by atoms with E-state index in [0.717, 1.165) is 27.8 Å². The lowest BCUT2D eigenvalue weighted by atomic mass is 9.90. The molecule has 4 aromatic rings. The molecule has 0 spiro atoms. The van der Waals surface area contributed by atoms with Crippen LogP contribution in [0.15, 0.2) is 96.4 Å². The molecule has 1 atom stereocenters. The summed E-state index contributed by atoms with van der Waals surface area (Å²) in [4.78, 5) is 36.3. The summed E-state index contributed by atoms with van der Waals surface area (Å²) < 4.78 is 1.57. The van der Waals surface area contributed by atoms with E-state index in [1.807, 2.05) is 65.6 Å². The van der Waals surface area contributed by atoms with Gasteiger partial charge in [0.2, 0.25) is 5.91 Å². The zero-order valence-electron chi connectivity index (χ0n) is 21.5. The number of amides is 1. The molecule has 1 N–H and O–H groups in total. The molecule has 7 heteroatoms. The fourth-order valence-corrected chi connectivity index (χ4v) is 5.16. The van der Waals surface area contributed by atoms with Gasteiger partial charge >= 0.3 is 0 Å². The molecule has 2 aromatic carbocycles. The SMILES string of the molecule is CC(CC(=O)N1CCC(O)(Cn2cc(-c3cncnc3)c(-c3ccccc3)cc2=O)CC1)c1ccccc1. The Kier molecular flexibility index (Phi) is 7.47. The summed E-state index contributed by atoms with van der Waals surface area (Å²) in [7, 11) is 0. The van der Waals surface area contributed by atoms with Crippen molar-refractivity contribution in [1.82, 2.24) is 19.4 Å². The molecular weight excluding hydrogens is 476 g/mol. The van der Waals surface area contributed by atoms with E-state index in [0.29, 0.717) is 32.4 Å². The maximum absolute atomic E-state index is 13.2. The third-order valence-corrected chi connectivity index (χ3v) is 7.44. The number of rotatable bonds is 7. The monoisotopic (exact) mass is 508 g/mol. The molecule has 5 rings (SSSR count). The first kappa shape index (κ1) is 25.5. The Morgan fingerprint density at radius 1 is 0.947 bits per heavy atom. The van der Waals surface area contributed by atoms with Crippen molar-refractivity contribution in [1.29, 1.82) is 0 Å². The van der Waals surface area contributed by atoms with Crippen LogP contribution in [0, 0.1) is 0 Å². The first-order chi connectivity index (χ1) is 18.4. The first-order valence-corrected chi connectivity index (χ1v) is 13.0. The van der Waals surface area contributed by atoms with E-state index in [2.05, 4.69) is 16.9 Å². The van der Waals surface area contributed by atoms with Crippen molar-refractivity contribution < 1.29 is 9.90 Å². The van der Waals surface area contributed by atoms with Crippen molar-refractivity contribution in [3.05, 3.63) is 108 Å². The number of aliphatic hydroxyl groups is 1. The van der Waals surface area contributed by atoms with Crippen molar-refractivity contribution in [2.75, 3.05) is 13.1 Å². The number of carbonyl (C=O) groups is 1. The summed E-state index contributed by atoms with van der Waals surface area (Å²) >= 11 is 0. The highest BCUT2D eigenvalue weighted by Gasteiger charge is 2.35. The fourth-order valence-electron chi connectivity index (χ4n) is 5.16. The van der Waals surface area contributed by atoms with Gasteiger partial charge in [-0.15, -0.1) is 0 Å². The number of pyridine rings is 1. The van der Waals surface area contributed by atoms with Crippen LogP contribution in [0.25, 0.3) is 22.3 Å². The zero-order valence-corrected chi connectivity index (χ0v) is 21.5. The van der Waals surface area contributed by atoms with E-state index < -0.39 is 5.60 Å². The van der Waals surface area contributed by atoms with Crippen LogP contribution in [0.2, 0.25) is 0 Å². The number of aromatic nitrogens is 3. The second-order valence-electron chi connectivity index (χ2n) is 10.2. The Hall–Kier alpha value is -4.10. The first-order valence-electron chi connectivity index (χ1n) is 13.0. The number of hydrogen-bond donors (Lipinski definition) is 1. The van der Waals surface area contributed by atoms with Gasteiger partial charge in [0.1, 0.15) is 6.33 Å². The molecule has 194 valence electrons. The molecule has 0 radical (unpaired) electrons. The van der Waals surface area contributed by atoms with Crippen LogP contribution in [-0.4, -0.2) is 49.1 Å². The lowest BCUT2D eigenvalue weighted by Crippen LogP contribution is -2.49. The average Bonchev–Trinajstić information content (AvgIpc) is 2.95. The quantitative estimate of drug-likeness (QED) is 0.397. The molecule has 0 aliphatic carbocycles. The second-order valence-corrected chi connectivity index (χ2v) is 10.2. The van der Waals surface area contributed by atoms with Crippen molar-refractivity contribution >= 4 is 5.91 Å². The summed E-state index contributed by atoms with van der Waals surface area (Å²) in [5.41, 5.74) is 3.21. The normalized spacial score (nSPS) is 15.7. The van der Waals surface area contributed by atoms with E-state index in [-0.39, 0.29) is 23.9 Å². The number of nitrogens with zero attached hydrogens (tertiary/aromatic N) is 4. The minimum Gasteiger partial charge on any atom is -0.388 e. The highest BCUT2D eigenvalue weighted by Crippen LogP contribution is 2.31. The lowest BCUT2D eigenvalue weighted by molar-refractivity contribution is -0.136. The van der Waals surface area contributed by atoms with Crippen LogP contribution in [0.1, 0.15) is 37.7 Å². The summed E-state index contributed by atoms with van der Waals surface area (Å²) in [6, 6.07) is 21.4. The van der Waals surface area contributed by atoms with Gasteiger partial charge in [0, 0.05) is 55.3 Å². The molecule has 0 saturated carbocycles. The van der Waals surface area contributed by atoms with Crippen LogP contribution < -0.4 is 5.56 Å².